The first-order valence-electron chi connectivity index (χ1n) is 5.93. The third-order valence-corrected chi connectivity index (χ3v) is 3.02. The summed E-state index contributed by atoms with van der Waals surface area (Å²) in [4.78, 5) is 35.1. The van der Waals surface area contributed by atoms with Crippen LogP contribution in [0.25, 0.3) is 10.9 Å². The Balaban J connectivity index is 2.25. The van der Waals surface area contributed by atoms with Crippen molar-refractivity contribution in [1.29, 1.82) is 0 Å². The zero-order valence-electron chi connectivity index (χ0n) is 10.4. The molecule has 1 unspecified atom stereocenters. The topological polar surface area (TPSA) is 107 Å². The van der Waals surface area contributed by atoms with Crippen LogP contribution in [0.5, 0.6) is 0 Å². The number of nitrogens with zero attached hydrogens (tertiary/aromatic N) is 3. The van der Waals surface area contributed by atoms with E-state index >= 15 is 0 Å². The molecule has 7 heteroatoms. The van der Waals surface area contributed by atoms with Gasteiger partial charge in [-0.05, 0) is 12.1 Å². The second-order valence-electron chi connectivity index (χ2n) is 4.25. The van der Waals surface area contributed by atoms with Crippen LogP contribution in [0.1, 0.15) is 11.9 Å². The van der Waals surface area contributed by atoms with Gasteiger partial charge in [-0.1, -0.05) is 12.1 Å². The van der Waals surface area contributed by atoms with Gasteiger partial charge in [0.1, 0.15) is 5.82 Å². The van der Waals surface area contributed by atoms with Gasteiger partial charge >= 0.3 is 0 Å². The molecule has 0 radical (unpaired) electrons. The summed E-state index contributed by atoms with van der Waals surface area (Å²) in [5, 5.41) is 0.424. The fourth-order valence-electron chi connectivity index (χ4n) is 2.10. The third kappa shape index (κ3) is 1.85. The minimum Gasteiger partial charge on any atom is -0.367 e. The summed E-state index contributed by atoms with van der Waals surface area (Å²) in [5.74, 6) is -0.379. The van der Waals surface area contributed by atoms with Crippen LogP contribution in [-0.4, -0.2) is 25.4 Å². The number of imidazole rings is 1. The molecular weight excluding hydrogens is 258 g/mol. The van der Waals surface area contributed by atoms with E-state index in [1.807, 2.05) is 0 Å². The molecule has 100 valence electrons. The van der Waals surface area contributed by atoms with E-state index in [1.54, 1.807) is 30.5 Å². The van der Waals surface area contributed by atoms with Crippen molar-refractivity contribution in [1.82, 2.24) is 19.5 Å². The summed E-state index contributed by atoms with van der Waals surface area (Å²) >= 11 is 0. The fraction of sp³-hybridized carbons (Fsp3) is 0.0769. The highest BCUT2D eigenvalue weighted by molar-refractivity contribution is 5.82. The van der Waals surface area contributed by atoms with Crippen molar-refractivity contribution < 1.29 is 4.79 Å². The van der Waals surface area contributed by atoms with Gasteiger partial charge in [0.25, 0.3) is 5.56 Å². The number of carbonyl (C=O) groups excluding carboxylic acids is 1. The third-order valence-electron chi connectivity index (χ3n) is 3.02. The average molecular weight is 269 g/mol. The maximum Gasteiger partial charge on any atom is 0.262 e. The lowest BCUT2D eigenvalue weighted by Gasteiger charge is -2.14. The largest absolute Gasteiger partial charge is 0.367 e. The SMILES string of the molecule is NC(=O)C(c1ncc[nH]1)n1cnc2ccccc2c1=O. The van der Waals surface area contributed by atoms with Gasteiger partial charge in [0, 0.05) is 12.4 Å². The van der Waals surface area contributed by atoms with E-state index in [-0.39, 0.29) is 5.56 Å². The summed E-state index contributed by atoms with van der Waals surface area (Å²) in [7, 11) is 0. The van der Waals surface area contributed by atoms with Crippen LogP contribution in [-0.2, 0) is 4.79 Å². The molecule has 3 aromatic rings. The maximum absolute atomic E-state index is 12.4. The molecule has 0 bridgehead atoms. The Morgan fingerprint density at radius 2 is 2.10 bits per heavy atom. The van der Waals surface area contributed by atoms with Crippen LogP contribution in [0.2, 0.25) is 0 Å². The Morgan fingerprint density at radius 3 is 2.80 bits per heavy atom. The molecule has 0 spiro atoms. The van der Waals surface area contributed by atoms with Gasteiger partial charge in [0.15, 0.2) is 6.04 Å². The highest BCUT2D eigenvalue weighted by Crippen LogP contribution is 2.13. The lowest BCUT2D eigenvalue weighted by atomic mass is 10.2. The highest BCUT2D eigenvalue weighted by Gasteiger charge is 2.24. The molecule has 2 aromatic heterocycles. The molecule has 0 saturated carbocycles. The van der Waals surface area contributed by atoms with Gasteiger partial charge < -0.3 is 10.7 Å². The molecule has 0 fully saturated rings. The van der Waals surface area contributed by atoms with Crippen LogP contribution >= 0.6 is 0 Å². The Kier molecular flexibility index (Phi) is 2.79. The summed E-state index contributed by atoms with van der Waals surface area (Å²) in [5.41, 5.74) is 5.62. The first-order chi connectivity index (χ1) is 9.68. The van der Waals surface area contributed by atoms with E-state index in [0.717, 1.165) is 0 Å². The van der Waals surface area contributed by atoms with Crippen LogP contribution in [0, 0.1) is 0 Å². The summed E-state index contributed by atoms with van der Waals surface area (Å²) < 4.78 is 1.18. The normalized spacial score (nSPS) is 12.4. The molecule has 0 aliphatic carbocycles. The Morgan fingerprint density at radius 1 is 1.30 bits per heavy atom. The summed E-state index contributed by atoms with van der Waals surface area (Å²) in [6.45, 7) is 0. The minimum atomic E-state index is -1.00. The lowest BCUT2D eigenvalue weighted by molar-refractivity contribution is -0.120. The molecule has 1 amide bonds. The van der Waals surface area contributed by atoms with E-state index in [9.17, 15) is 9.59 Å². The maximum atomic E-state index is 12.4. The number of benzene rings is 1. The van der Waals surface area contributed by atoms with E-state index in [1.165, 1.54) is 17.1 Å². The van der Waals surface area contributed by atoms with Gasteiger partial charge in [-0.3, -0.25) is 14.2 Å². The number of fused-ring (bicyclic) bond motifs is 1. The molecule has 0 aliphatic rings. The lowest BCUT2D eigenvalue weighted by Crippen LogP contribution is -2.35. The molecule has 2 heterocycles. The highest BCUT2D eigenvalue weighted by atomic mass is 16.2. The number of aromatic amines is 1. The van der Waals surface area contributed by atoms with Gasteiger partial charge in [-0.25, -0.2) is 9.97 Å². The van der Waals surface area contributed by atoms with Crippen LogP contribution in [0.15, 0.2) is 47.8 Å². The minimum absolute atomic E-state index is 0.302. The smallest absolute Gasteiger partial charge is 0.262 e. The van der Waals surface area contributed by atoms with Crippen LogP contribution < -0.4 is 11.3 Å². The van der Waals surface area contributed by atoms with E-state index in [4.69, 9.17) is 5.73 Å². The predicted octanol–water partition coefficient (Wildman–Crippen LogP) is 0.194. The first kappa shape index (κ1) is 12.1. The number of rotatable bonds is 3. The molecule has 0 saturated heterocycles. The molecule has 3 rings (SSSR count). The predicted molar refractivity (Wildman–Crippen MR) is 71.9 cm³/mol. The Labute approximate surface area is 113 Å². The zero-order chi connectivity index (χ0) is 14.1. The molecule has 1 atom stereocenters. The van der Waals surface area contributed by atoms with Crippen molar-refractivity contribution in [2.75, 3.05) is 0 Å². The second kappa shape index (κ2) is 4.61. The standard InChI is InChI=1S/C13H11N5O2/c14-11(19)10(12-15-5-6-16-12)18-7-17-9-4-2-1-3-8(9)13(18)20/h1-7,10H,(H2,14,19)(H,15,16). The van der Waals surface area contributed by atoms with Gasteiger partial charge in [-0.2, -0.15) is 0 Å². The van der Waals surface area contributed by atoms with Crippen molar-refractivity contribution in [3.8, 4) is 0 Å². The fourth-order valence-corrected chi connectivity index (χ4v) is 2.10. The number of H-pyrrole nitrogens is 1. The molecule has 0 aliphatic heterocycles. The van der Waals surface area contributed by atoms with Crippen molar-refractivity contribution in [3.05, 3.63) is 59.2 Å². The first-order valence-corrected chi connectivity index (χ1v) is 5.93. The Bertz CT molecular complexity index is 822. The van der Waals surface area contributed by atoms with E-state index in [0.29, 0.717) is 16.7 Å². The quantitative estimate of drug-likeness (QED) is 0.708. The number of hydrogen-bond acceptors (Lipinski definition) is 4. The van der Waals surface area contributed by atoms with Crippen molar-refractivity contribution in [2.24, 2.45) is 5.73 Å². The Hall–Kier alpha value is -2.96. The van der Waals surface area contributed by atoms with Crippen molar-refractivity contribution >= 4 is 16.8 Å². The van der Waals surface area contributed by atoms with Gasteiger partial charge in [0.05, 0.1) is 17.2 Å². The monoisotopic (exact) mass is 269 g/mol. The average Bonchev–Trinajstić information content (AvgIpc) is 2.95. The van der Waals surface area contributed by atoms with Gasteiger partial charge in [0.2, 0.25) is 5.91 Å². The number of nitrogens with one attached hydrogen (secondary N) is 1. The number of para-hydroxylation sites is 1. The van der Waals surface area contributed by atoms with Crippen LogP contribution in [0.3, 0.4) is 0 Å². The molecule has 3 N–H and O–H groups in total. The number of amides is 1. The number of nitrogens with two attached hydrogens (primary N) is 1. The van der Waals surface area contributed by atoms with Crippen molar-refractivity contribution in [3.63, 3.8) is 0 Å². The molecule has 20 heavy (non-hydrogen) atoms. The molecule has 1 aromatic carbocycles. The summed E-state index contributed by atoms with van der Waals surface area (Å²) in [6, 6.07) is 5.91. The second-order valence-corrected chi connectivity index (χ2v) is 4.25. The number of aromatic nitrogens is 4. The number of carbonyl (C=O) groups is 1. The summed E-state index contributed by atoms with van der Waals surface area (Å²) in [6.07, 6.45) is 4.36. The van der Waals surface area contributed by atoms with E-state index < -0.39 is 11.9 Å². The van der Waals surface area contributed by atoms with Crippen molar-refractivity contribution in [2.45, 2.75) is 6.04 Å². The van der Waals surface area contributed by atoms with Gasteiger partial charge in [-0.15, -0.1) is 0 Å². The zero-order valence-corrected chi connectivity index (χ0v) is 10.4. The molecule has 7 nitrogen and oxygen atoms in total. The molecular formula is C13H11N5O2. The van der Waals surface area contributed by atoms with Crippen LogP contribution in [0.4, 0.5) is 0 Å². The number of primary amides is 1. The van der Waals surface area contributed by atoms with E-state index in [2.05, 4.69) is 15.0 Å². The number of hydrogen-bond donors (Lipinski definition) is 2.